The molecule has 34 heavy (non-hydrogen) atoms. The Labute approximate surface area is 197 Å². The van der Waals surface area contributed by atoms with Gasteiger partial charge in [-0.25, -0.2) is 4.79 Å². The maximum absolute atomic E-state index is 13.1. The van der Waals surface area contributed by atoms with E-state index in [-0.39, 0.29) is 25.3 Å². The number of benzene rings is 1. The zero-order valence-corrected chi connectivity index (χ0v) is 19.5. The third-order valence-corrected chi connectivity index (χ3v) is 5.32. The molecule has 0 spiro atoms. The van der Waals surface area contributed by atoms with E-state index in [9.17, 15) is 29.4 Å². The molecule has 0 aliphatic carbocycles. The van der Waals surface area contributed by atoms with Crippen molar-refractivity contribution >= 4 is 34.6 Å². The normalized spacial score (nSPS) is 14.8. The molecule has 186 valence electrons. The van der Waals surface area contributed by atoms with E-state index < -0.39 is 47.9 Å². The molecule has 0 saturated heterocycles. The molecule has 3 amide bonds. The summed E-state index contributed by atoms with van der Waals surface area (Å²) >= 11 is 0. The average molecular weight is 476 g/mol. The first kappa shape index (κ1) is 26.8. The number of carbonyl (C=O) groups is 4. The summed E-state index contributed by atoms with van der Waals surface area (Å²) in [6.45, 7) is 4.60. The van der Waals surface area contributed by atoms with Gasteiger partial charge < -0.3 is 36.9 Å². The van der Waals surface area contributed by atoms with Crippen LogP contribution in [0.1, 0.15) is 32.8 Å². The van der Waals surface area contributed by atoms with Crippen molar-refractivity contribution in [3.05, 3.63) is 36.0 Å². The van der Waals surface area contributed by atoms with Gasteiger partial charge in [0.15, 0.2) is 0 Å². The van der Waals surface area contributed by atoms with Crippen molar-refractivity contribution in [2.75, 3.05) is 6.54 Å². The smallest absolute Gasteiger partial charge is 0.326 e. The molecule has 2 rings (SSSR count). The monoisotopic (exact) mass is 475 g/mol. The number of carboxylic acids is 1. The van der Waals surface area contributed by atoms with Crippen LogP contribution in [0.5, 0.6) is 0 Å². The number of aliphatic hydroxyl groups is 1. The highest BCUT2D eigenvalue weighted by Gasteiger charge is 2.32. The lowest BCUT2D eigenvalue weighted by molar-refractivity contribution is -0.142. The van der Waals surface area contributed by atoms with E-state index in [1.54, 1.807) is 6.20 Å². The molecule has 1 heterocycles. The van der Waals surface area contributed by atoms with Gasteiger partial charge in [0.05, 0.1) is 12.6 Å². The number of hydrogen-bond acceptors (Lipinski definition) is 6. The number of aromatic amines is 1. The van der Waals surface area contributed by atoms with Gasteiger partial charge in [-0.05, 0) is 30.9 Å². The highest BCUT2D eigenvalue weighted by atomic mass is 16.4. The summed E-state index contributed by atoms with van der Waals surface area (Å²) in [6.07, 6.45) is 0.701. The topological polar surface area (TPSA) is 187 Å². The van der Waals surface area contributed by atoms with Crippen LogP contribution in [-0.4, -0.2) is 69.7 Å². The Morgan fingerprint density at radius 1 is 1.00 bits per heavy atom. The second-order valence-corrected chi connectivity index (χ2v) is 8.64. The van der Waals surface area contributed by atoms with Crippen molar-refractivity contribution in [1.29, 1.82) is 0 Å². The Morgan fingerprint density at radius 3 is 2.24 bits per heavy atom. The van der Waals surface area contributed by atoms with Crippen LogP contribution >= 0.6 is 0 Å². The molecular weight excluding hydrogens is 442 g/mol. The first-order chi connectivity index (χ1) is 16.0. The predicted molar refractivity (Wildman–Crippen MR) is 126 cm³/mol. The Bertz CT molecular complexity index is 1020. The number of amides is 3. The molecule has 4 atom stereocenters. The lowest BCUT2D eigenvalue weighted by Gasteiger charge is -2.26. The van der Waals surface area contributed by atoms with Crippen molar-refractivity contribution < 1.29 is 29.4 Å². The van der Waals surface area contributed by atoms with Crippen molar-refractivity contribution in [2.24, 2.45) is 11.7 Å². The minimum Gasteiger partial charge on any atom is -0.480 e. The molecule has 0 fully saturated rings. The fourth-order valence-electron chi connectivity index (χ4n) is 3.59. The number of nitrogens with two attached hydrogens (primary N) is 1. The highest BCUT2D eigenvalue weighted by Crippen LogP contribution is 2.19. The molecule has 0 bridgehead atoms. The average Bonchev–Trinajstić information content (AvgIpc) is 3.18. The molecule has 2 aromatic rings. The molecule has 4 unspecified atom stereocenters. The summed E-state index contributed by atoms with van der Waals surface area (Å²) in [5.41, 5.74) is 6.85. The van der Waals surface area contributed by atoms with Gasteiger partial charge in [-0.2, -0.15) is 0 Å². The number of para-hydroxylation sites is 1. The highest BCUT2D eigenvalue weighted by molar-refractivity contribution is 5.94. The van der Waals surface area contributed by atoms with Crippen molar-refractivity contribution in [2.45, 2.75) is 57.8 Å². The molecule has 8 N–H and O–H groups in total. The van der Waals surface area contributed by atoms with Gasteiger partial charge in [0.2, 0.25) is 17.7 Å². The van der Waals surface area contributed by atoms with Crippen LogP contribution in [-0.2, 0) is 25.6 Å². The standard InChI is InChI=1S/C23H33N5O6/c1-12(2)8-18(23(33)34)27-21(31)17(9-14-11-25-16-7-5-4-6-15(14)16)26-22(32)20(13(3)29)28-19(30)10-24/h4-7,11-13,17-18,20,25,29H,8-10,24H2,1-3H3,(H,26,32)(H,27,31)(H,28,30)(H,33,34). The molecule has 0 aliphatic heterocycles. The van der Waals surface area contributed by atoms with E-state index in [1.807, 2.05) is 38.1 Å². The Kier molecular flexibility index (Phi) is 9.58. The van der Waals surface area contributed by atoms with Gasteiger partial charge >= 0.3 is 5.97 Å². The predicted octanol–water partition coefficient (Wildman–Crippen LogP) is -0.365. The second-order valence-electron chi connectivity index (χ2n) is 8.64. The van der Waals surface area contributed by atoms with Gasteiger partial charge in [0.25, 0.3) is 0 Å². The maximum Gasteiger partial charge on any atom is 0.326 e. The SMILES string of the molecule is CC(C)CC(NC(=O)C(Cc1c[nH]c2ccccc12)NC(=O)C(NC(=O)CN)C(C)O)C(=O)O. The third-order valence-electron chi connectivity index (χ3n) is 5.32. The maximum atomic E-state index is 13.1. The fraction of sp³-hybridized carbons (Fsp3) is 0.478. The van der Waals surface area contributed by atoms with Gasteiger partial charge in [-0.15, -0.1) is 0 Å². The number of aliphatic carboxylic acids is 1. The number of rotatable bonds is 12. The summed E-state index contributed by atoms with van der Waals surface area (Å²) in [7, 11) is 0. The number of aromatic nitrogens is 1. The zero-order chi connectivity index (χ0) is 25.4. The van der Waals surface area contributed by atoms with Gasteiger partial charge in [-0.1, -0.05) is 32.0 Å². The van der Waals surface area contributed by atoms with Crippen LogP contribution in [0.25, 0.3) is 10.9 Å². The van der Waals surface area contributed by atoms with Crippen molar-refractivity contribution in [3.8, 4) is 0 Å². The summed E-state index contributed by atoms with van der Waals surface area (Å²) in [6, 6.07) is 3.75. The number of H-pyrrole nitrogens is 1. The molecule has 0 saturated carbocycles. The Hall–Kier alpha value is -3.44. The first-order valence-electron chi connectivity index (χ1n) is 11.1. The zero-order valence-electron chi connectivity index (χ0n) is 19.5. The van der Waals surface area contributed by atoms with Crippen LogP contribution in [0.3, 0.4) is 0 Å². The first-order valence-corrected chi connectivity index (χ1v) is 11.1. The quantitative estimate of drug-likeness (QED) is 0.218. The fourth-order valence-corrected chi connectivity index (χ4v) is 3.59. The van der Waals surface area contributed by atoms with Crippen LogP contribution in [0.15, 0.2) is 30.5 Å². The third kappa shape index (κ3) is 7.29. The number of hydrogen-bond donors (Lipinski definition) is 7. The van der Waals surface area contributed by atoms with E-state index in [1.165, 1.54) is 6.92 Å². The molecular formula is C23H33N5O6. The minimum atomic E-state index is -1.35. The van der Waals surface area contributed by atoms with Gasteiger partial charge in [0, 0.05) is 23.5 Å². The van der Waals surface area contributed by atoms with E-state index in [2.05, 4.69) is 20.9 Å². The second kappa shape index (κ2) is 12.1. The van der Waals surface area contributed by atoms with Gasteiger partial charge in [0.1, 0.15) is 18.1 Å². The lowest BCUT2D eigenvalue weighted by Crippen LogP contribution is -2.59. The van der Waals surface area contributed by atoms with Gasteiger partial charge in [-0.3, -0.25) is 14.4 Å². The molecule has 0 radical (unpaired) electrons. The Balaban J connectivity index is 2.31. The largest absolute Gasteiger partial charge is 0.480 e. The minimum absolute atomic E-state index is 0.00847. The molecule has 0 aliphatic rings. The number of fused-ring (bicyclic) bond motifs is 1. The molecule has 1 aromatic heterocycles. The van der Waals surface area contributed by atoms with Crippen LogP contribution in [0.4, 0.5) is 0 Å². The Morgan fingerprint density at radius 2 is 1.65 bits per heavy atom. The summed E-state index contributed by atoms with van der Waals surface area (Å²) in [4.78, 5) is 52.5. The van der Waals surface area contributed by atoms with Crippen molar-refractivity contribution in [3.63, 3.8) is 0 Å². The van der Waals surface area contributed by atoms with Crippen LogP contribution < -0.4 is 21.7 Å². The summed E-state index contributed by atoms with van der Waals surface area (Å²) in [5, 5.41) is 27.7. The van der Waals surface area contributed by atoms with Crippen LogP contribution in [0.2, 0.25) is 0 Å². The molecule has 1 aromatic carbocycles. The van der Waals surface area contributed by atoms with Crippen LogP contribution in [0, 0.1) is 5.92 Å². The van der Waals surface area contributed by atoms with E-state index in [4.69, 9.17) is 5.73 Å². The van der Waals surface area contributed by atoms with E-state index >= 15 is 0 Å². The molecule has 11 nitrogen and oxygen atoms in total. The lowest BCUT2D eigenvalue weighted by atomic mass is 10.0. The summed E-state index contributed by atoms with van der Waals surface area (Å²) < 4.78 is 0. The summed E-state index contributed by atoms with van der Waals surface area (Å²) in [5.74, 6) is -3.32. The number of aliphatic hydroxyl groups excluding tert-OH is 1. The number of carboxylic acid groups (broad SMARTS) is 1. The number of carbonyl (C=O) groups excluding carboxylic acids is 3. The molecule has 11 heteroatoms. The van der Waals surface area contributed by atoms with E-state index in [0.29, 0.717) is 0 Å². The van der Waals surface area contributed by atoms with Crippen molar-refractivity contribution in [1.82, 2.24) is 20.9 Å². The van der Waals surface area contributed by atoms with E-state index in [0.717, 1.165) is 16.5 Å². The number of nitrogens with one attached hydrogen (secondary N) is 4.